The number of rotatable bonds is 44. The number of hydrogen-bond donors (Lipinski definition) is 12. The average Bonchev–Trinajstić information content (AvgIpc) is 1.61. The van der Waals surface area contributed by atoms with Crippen LogP contribution in [0, 0.1) is 23.7 Å². The molecule has 4 heterocycles. The number of nitrogens with one attached hydrogen (secondary N) is 8. The summed E-state index contributed by atoms with van der Waals surface area (Å²) in [6.45, 7) is 13.9. The zero-order valence-corrected chi connectivity index (χ0v) is 72.1. The molecule has 2 aliphatic carbocycles. The maximum atomic E-state index is 14.5. The van der Waals surface area contributed by atoms with Gasteiger partial charge in [0.2, 0.25) is 23.6 Å². The summed E-state index contributed by atoms with van der Waals surface area (Å²) in [5.41, 5.74) is 10.9. The highest BCUT2D eigenvalue weighted by molar-refractivity contribution is 7.87. The Morgan fingerprint density at radius 1 is 0.600 bits per heavy atom. The first-order valence-electron chi connectivity index (χ1n) is 41.3. The Hall–Kier alpha value is -11.2. The molecule has 10 atom stereocenters. The van der Waals surface area contributed by atoms with Crippen LogP contribution >= 0.6 is 0 Å². The number of nitrogens with zero attached hydrogens (tertiary/aromatic N) is 5. The summed E-state index contributed by atoms with van der Waals surface area (Å²) >= 11 is -1.43. The van der Waals surface area contributed by atoms with Crippen molar-refractivity contribution in [3.05, 3.63) is 131 Å². The van der Waals surface area contributed by atoms with Gasteiger partial charge in [-0.15, -0.1) is 9.44 Å². The molecule has 4 aromatic rings. The molecule has 14 N–H and O–H groups in total. The fraction of sp³-hybridized carbons (Fsp3) is 0.518. The van der Waals surface area contributed by atoms with E-state index in [2.05, 4.69) is 54.5 Å². The van der Waals surface area contributed by atoms with E-state index in [1.54, 1.807) is 67.4 Å². The maximum Gasteiger partial charge on any atom is 0.416 e. The van der Waals surface area contributed by atoms with Gasteiger partial charge in [0.25, 0.3) is 11.8 Å². The molecular formula is C83H114BN15O25S. The van der Waals surface area contributed by atoms with E-state index in [4.69, 9.17) is 68.4 Å². The van der Waals surface area contributed by atoms with Crippen molar-refractivity contribution in [2.45, 2.75) is 116 Å². The number of carbonyl (C=O) groups excluding carboxylic acids is 10. The predicted molar refractivity (Wildman–Crippen MR) is 457 cm³/mol. The van der Waals surface area contributed by atoms with E-state index < -0.39 is 127 Å². The first-order valence-corrected chi connectivity index (χ1v) is 42.5. The van der Waals surface area contributed by atoms with Gasteiger partial charge in [0.15, 0.2) is 35.5 Å². The Kier molecular flexibility index (Phi) is 35.9. The number of alkyl carbamates (subject to hydrolysis) is 2. The quantitative estimate of drug-likeness (QED) is 0.00576. The number of nitrogens with two attached hydrogens (primary N) is 2. The highest BCUT2D eigenvalue weighted by Crippen LogP contribution is 2.54. The van der Waals surface area contributed by atoms with Gasteiger partial charge in [0.1, 0.15) is 64.5 Å². The Morgan fingerprint density at radius 3 is 1.62 bits per heavy atom. The Labute approximate surface area is 728 Å². The zero-order valence-electron chi connectivity index (χ0n) is 71.3. The summed E-state index contributed by atoms with van der Waals surface area (Å²) in [7, 11) is 6.24. The van der Waals surface area contributed by atoms with Crippen LogP contribution in [0.1, 0.15) is 97.6 Å². The number of methoxy groups -OCH3 is 3. The number of aliphatic hydroxyl groups excluding tert-OH is 2. The van der Waals surface area contributed by atoms with Gasteiger partial charge in [-0.1, -0.05) is 62.4 Å². The monoisotopic (exact) mass is 1760 g/mol. The maximum absolute atomic E-state index is 14.5. The van der Waals surface area contributed by atoms with Crippen molar-refractivity contribution >= 4 is 102 Å². The molecule has 0 bridgehead atoms. The molecule has 125 heavy (non-hydrogen) atoms. The summed E-state index contributed by atoms with van der Waals surface area (Å²) in [5.74, 6) is 4.11. The third-order valence-corrected chi connectivity index (χ3v) is 22.6. The molecule has 10 rings (SSSR count). The van der Waals surface area contributed by atoms with Crippen molar-refractivity contribution in [3.8, 4) is 23.0 Å². The Bertz CT molecular complexity index is 4500. The number of hydrogen-bond acceptors (Lipinski definition) is 30. The van der Waals surface area contributed by atoms with E-state index in [1.165, 1.54) is 62.3 Å². The highest BCUT2D eigenvalue weighted by atomic mass is 32.2. The second-order valence-corrected chi connectivity index (χ2v) is 31.9. The summed E-state index contributed by atoms with van der Waals surface area (Å²) in [5, 5.41) is 41.1. The van der Waals surface area contributed by atoms with E-state index in [-0.39, 0.29) is 151 Å². The number of carbonyl (C=O) groups is 10. The van der Waals surface area contributed by atoms with Gasteiger partial charge < -0.3 is 124 Å². The van der Waals surface area contributed by atoms with Gasteiger partial charge >= 0.3 is 24.4 Å². The topological polar surface area (TPSA) is 509 Å². The van der Waals surface area contributed by atoms with Crippen molar-refractivity contribution in [2.75, 3.05) is 160 Å². The van der Waals surface area contributed by atoms with Gasteiger partial charge in [-0.2, -0.15) is 0 Å². The number of benzene rings is 4. The van der Waals surface area contributed by atoms with E-state index in [0.29, 0.717) is 84.1 Å². The molecule has 1 saturated carbocycles. The number of hydrazine groups is 1. The SMILES string of the molecule is BCN(N)/C1=C(\N)CCC2C(CC1)C2CN[S+]([O-])NCCOCCOCCOC(=O)NC(C(=O)NCC(=O)Nc1ccc(COC(=O)N2c3cc(OCCCOc4cc5c(cc4OC)C(=O)N4CC(=C)CC4C(O)N5C(=O)OCc4ccc(NC(=O)[C@H](C)NC(=O)CNC(=O)OCCOCCOC)cc4)c(OC)cc3C(=O)N3CC(=C)CC3C2O)cc1)C(C)C. The molecule has 4 aliphatic heterocycles. The third kappa shape index (κ3) is 26.5. The largest absolute Gasteiger partial charge is 0.579 e. The molecule has 0 radical (unpaired) electrons. The Morgan fingerprint density at radius 2 is 1.10 bits per heavy atom. The van der Waals surface area contributed by atoms with Crippen molar-refractivity contribution in [3.63, 3.8) is 0 Å². The van der Waals surface area contributed by atoms with Crippen LogP contribution in [0.4, 0.5) is 41.9 Å². The molecule has 9 unspecified atom stereocenters. The number of ether oxygens (including phenoxy) is 12. The lowest BCUT2D eigenvalue weighted by molar-refractivity contribution is -0.126. The zero-order chi connectivity index (χ0) is 90.0. The van der Waals surface area contributed by atoms with Crippen molar-refractivity contribution in [1.29, 1.82) is 0 Å². The van der Waals surface area contributed by atoms with Gasteiger partial charge in [0.05, 0.1) is 121 Å². The fourth-order valence-corrected chi connectivity index (χ4v) is 15.8. The first-order chi connectivity index (χ1) is 60.1. The first kappa shape index (κ1) is 96.0. The lowest BCUT2D eigenvalue weighted by Gasteiger charge is -2.31. The molecule has 4 aromatic carbocycles. The second kappa shape index (κ2) is 46.7. The molecule has 3 fully saturated rings. The molecule has 42 heteroatoms. The van der Waals surface area contributed by atoms with Crippen molar-refractivity contribution < 1.29 is 120 Å². The number of anilines is 4. The third-order valence-electron chi connectivity index (χ3n) is 21.7. The summed E-state index contributed by atoms with van der Waals surface area (Å²) < 4.78 is 85.6. The standard InChI is InChI=1S/C83H114BN15O25S/c1-48(2)73(94-81(109)122-33-31-118-29-28-116-25-22-89-125(112)90-40-60-56-18-20-61(85)62(97(86)47-84)21-19-57(56)60)75(103)87-41-72(101)92-54-14-10-52(11-15-54)45-123-82(110)98-63-38-69(67(114-7)36-58(63)76(104)95-43-49(3)34-65(95)78(98)106)119-23-9-24-120-70-39-64-59(37-68(70)115-8)77(105)96-44-50(4)35-66(96)79(107)99(64)83(111)124-46-53-12-16-55(17-13-53)93-74(102)51(5)91-71(100)42-88-80(108)121-32-30-117-27-26-113-6/h10-17,36-39,48,51,56-57,60,65-66,73,78-79,89-90,106-107H,3-4,9,18-35,40-47,84-86H2,1-2,5-8H3,(H,87,103)(H,88,108)(H,91,100)(H,92,101)(H,93,102)(H,94,109)/b62-61-/t51-,56?,57?,60?,65?,66?,73?,78?,79?,125?/m0/s1. The van der Waals surface area contributed by atoms with Gasteiger partial charge in [-0.05, 0) is 117 Å². The molecule has 680 valence electrons. The molecule has 2 saturated heterocycles. The highest BCUT2D eigenvalue weighted by Gasteiger charge is 2.51. The minimum Gasteiger partial charge on any atom is -0.579 e. The number of allylic oxidation sites excluding steroid dienone is 2. The van der Waals surface area contributed by atoms with E-state index in [9.17, 15) is 62.7 Å². The van der Waals surface area contributed by atoms with Crippen LogP contribution in [0.2, 0.25) is 0 Å². The van der Waals surface area contributed by atoms with Crippen LogP contribution in [0.25, 0.3) is 0 Å². The number of aliphatic hydroxyl groups is 2. The number of fused-ring (bicyclic) bond motifs is 5. The molecule has 10 amide bonds. The molecule has 0 aromatic heterocycles. The van der Waals surface area contributed by atoms with Crippen LogP contribution in [-0.4, -0.2) is 274 Å². The summed E-state index contributed by atoms with van der Waals surface area (Å²) in [4.78, 5) is 139. The van der Waals surface area contributed by atoms with Gasteiger partial charge in [0, 0.05) is 74.5 Å². The smallest absolute Gasteiger partial charge is 0.416 e. The van der Waals surface area contributed by atoms with Gasteiger partial charge in [-0.3, -0.25) is 28.8 Å². The average molecular weight is 1760 g/mol. The van der Waals surface area contributed by atoms with Crippen molar-refractivity contribution in [2.24, 2.45) is 35.2 Å². The van der Waals surface area contributed by atoms with Crippen LogP contribution in [0.5, 0.6) is 23.0 Å². The summed E-state index contributed by atoms with van der Waals surface area (Å²) in [6, 6.07) is 14.1. The van der Waals surface area contributed by atoms with E-state index in [0.717, 1.165) is 46.9 Å². The van der Waals surface area contributed by atoms with E-state index >= 15 is 0 Å². The normalized spacial score (nSPS) is 20.1. The second-order valence-electron chi connectivity index (χ2n) is 30.8. The minimum absolute atomic E-state index is 0.0164. The van der Waals surface area contributed by atoms with Crippen LogP contribution in [-0.2, 0) is 81.8 Å². The van der Waals surface area contributed by atoms with Crippen molar-refractivity contribution in [1.82, 2.24) is 45.5 Å². The molecule has 0 spiro atoms. The summed E-state index contributed by atoms with van der Waals surface area (Å²) in [6.07, 6.45) is -2.24. The predicted octanol–water partition coefficient (Wildman–Crippen LogP) is 2.85. The molecular weight excluding hydrogens is 1650 g/mol. The number of amides is 10. The lowest BCUT2D eigenvalue weighted by Crippen LogP contribution is -2.51. The molecule has 40 nitrogen and oxygen atoms in total. The van der Waals surface area contributed by atoms with Crippen LogP contribution in [0.15, 0.2) is 108 Å². The van der Waals surface area contributed by atoms with Crippen LogP contribution < -0.4 is 81.7 Å². The fourth-order valence-electron chi connectivity index (χ4n) is 15.1. The lowest BCUT2D eigenvalue weighted by atomic mass is 10.0. The van der Waals surface area contributed by atoms with Crippen LogP contribution in [0.3, 0.4) is 0 Å². The Balaban J connectivity index is 0.664. The minimum atomic E-state index is -1.65. The van der Waals surface area contributed by atoms with E-state index in [1.807, 2.05) is 7.85 Å². The van der Waals surface area contributed by atoms with Gasteiger partial charge in [-0.25, -0.2) is 34.8 Å². The molecule has 6 aliphatic rings.